The summed E-state index contributed by atoms with van der Waals surface area (Å²) >= 11 is 0. The fraction of sp³-hybridized carbons (Fsp3) is 0.435. The number of phenols is 2. The van der Waals surface area contributed by atoms with Gasteiger partial charge in [-0.2, -0.15) is 0 Å². The Labute approximate surface area is 191 Å². The van der Waals surface area contributed by atoms with Gasteiger partial charge in [0, 0.05) is 23.9 Å². The second-order valence-corrected chi connectivity index (χ2v) is 11.3. The first-order valence-corrected chi connectivity index (χ1v) is 12.4. The maximum Gasteiger partial charge on any atom is 0.194 e. The number of nitrogens with one attached hydrogen (secondary N) is 1. The van der Waals surface area contributed by atoms with E-state index in [2.05, 4.69) is 5.32 Å². The molecule has 0 bridgehead atoms. The van der Waals surface area contributed by atoms with E-state index in [-0.39, 0.29) is 56.9 Å². The molecule has 3 N–H and O–H groups in total. The van der Waals surface area contributed by atoms with E-state index in [1.165, 1.54) is 20.8 Å². The monoisotopic (exact) mass is 475 g/mol. The molecule has 0 saturated carbocycles. The van der Waals surface area contributed by atoms with Crippen molar-refractivity contribution in [3.8, 4) is 17.2 Å². The molecule has 9 nitrogen and oxygen atoms in total. The van der Waals surface area contributed by atoms with Crippen molar-refractivity contribution in [2.75, 3.05) is 18.1 Å². The van der Waals surface area contributed by atoms with Crippen LogP contribution in [-0.4, -0.2) is 54.0 Å². The lowest BCUT2D eigenvalue weighted by molar-refractivity contribution is -0.123. The minimum atomic E-state index is -3.06. The lowest BCUT2D eigenvalue weighted by atomic mass is 9.70. The van der Waals surface area contributed by atoms with Crippen molar-refractivity contribution < 1.29 is 37.8 Å². The fourth-order valence-corrected chi connectivity index (χ4v) is 6.64. The van der Waals surface area contributed by atoms with Gasteiger partial charge >= 0.3 is 0 Å². The summed E-state index contributed by atoms with van der Waals surface area (Å²) in [5.74, 6) is -2.69. The highest BCUT2D eigenvalue weighted by atomic mass is 32.2. The largest absolute Gasteiger partial charge is 0.507 e. The first-order chi connectivity index (χ1) is 15.3. The molecule has 2 heterocycles. The Morgan fingerprint density at radius 3 is 2.48 bits per heavy atom. The minimum Gasteiger partial charge on any atom is -0.507 e. The Bertz CT molecular complexity index is 1300. The number of benzene rings is 1. The van der Waals surface area contributed by atoms with Crippen LogP contribution < -0.4 is 10.1 Å². The summed E-state index contributed by atoms with van der Waals surface area (Å²) in [6.45, 7) is 6.00. The zero-order valence-electron chi connectivity index (χ0n) is 18.7. The molecule has 1 fully saturated rings. The number of ketones is 3. The molecule has 0 radical (unpaired) electrons. The van der Waals surface area contributed by atoms with Crippen LogP contribution in [0.25, 0.3) is 0 Å². The Balaban J connectivity index is 1.78. The second-order valence-electron chi connectivity index (χ2n) is 9.04. The van der Waals surface area contributed by atoms with Crippen LogP contribution in [0.1, 0.15) is 48.7 Å². The lowest BCUT2D eigenvalue weighted by Gasteiger charge is -2.29. The number of ether oxygens (including phenoxy) is 1. The number of hydrogen-bond donors (Lipinski definition) is 3. The van der Waals surface area contributed by atoms with Crippen LogP contribution in [0.2, 0.25) is 0 Å². The third-order valence-electron chi connectivity index (χ3n) is 6.74. The van der Waals surface area contributed by atoms with Crippen molar-refractivity contribution in [1.82, 2.24) is 5.32 Å². The van der Waals surface area contributed by atoms with E-state index >= 15 is 0 Å². The van der Waals surface area contributed by atoms with Crippen LogP contribution in [0.4, 0.5) is 0 Å². The third-order valence-corrected chi connectivity index (χ3v) is 8.58. The lowest BCUT2D eigenvalue weighted by Crippen LogP contribution is -2.41. The maximum absolute atomic E-state index is 13.7. The van der Waals surface area contributed by atoms with Gasteiger partial charge in [-0.15, -0.1) is 0 Å². The van der Waals surface area contributed by atoms with E-state index in [0.717, 1.165) is 6.08 Å². The Hall–Kier alpha value is -3.14. The van der Waals surface area contributed by atoms with Crippen molar-refractivity contribution in [2.24, 2.45) is 5.92 Å². The SMILES string of the molecule is CC(=O)c1c(O)c(C)c(O)c2c1OC1=CC(=O)C(=C(C)NCC3CCS(=O)(=O)C3)C(=O)C12C. The number of rotatable bonds is 4. The molecule has 33 heavy (non-hydrogen) atoms. The number of phenolic OH excluding ortho intramolecular Hbond substituents is 2. The van der Waals surface area contributed by atoms with Gasteiger partial charge in [-0.1, -0.05) is 0 Å². The molecule has 0 amide bonds. The van der Waals surface area contributed by atoms with Gasteiger partial charge in [-0.3, -0.25) is 14.4 Å². The first kappa shape index (κ1) is 23.0. The van der Waals surface area contributed by atoms with Crippen molar-refractivity contribution in [3.05, 3.63) is 39.8 Å². The van der Waals surface area contributed by atoms with Crippen molar-refractivity contribution >= 4 is 27.2 Å². The van der Waals surface area contributed by atoms with Crippen LogP contribution in [0.5, 0.6) is 17.2 Å². The van der Waals surface area contributed by atoms with Crippen LogP contribution in [-0.2, 0) is 24.8 Å². The third kappa shape index (κ3) is 3.35. The molecule has 1 aromatic rings. The number of Topliss-reactive ketones (excluding diaryl/α,β-unsaturated/α-hetero) is 2. The first-order valence-electron chi connectivity index (χ1n) is 10.5. The summed E-state index contributed by atoms with van der Waals surface area (Å²) in [5.41, 5.74) is -1.53. The van der Waals surface area contributed by atoms with Gasteiger partial charge in [-0.25, -0.2) is 8.42 Å². The van der Waals surface area contributed by atoms with Crippen molar-refractivity contribution in [1.29, 1.82) is 0 Å². The molecule has 4 rings (SSSR count). The zero-order valence-corrected chi connectivity index (χ0v) is 19.6. The Morgan fingerprint density at radius 2 is 1.91 bits per heavy atom. The number of hydrogen-bond acceptors (Lipinski definition) is 9. The van der Waals surface area contributed by atoms with Crippen LogP contribution >= 0.6 is 0 Å². The van der Waals surface area contributed by atoms with E-state index < -0.39 is 38.4 Å². The normalized spacial score (nSPS) is 26.9. The van der Waals surface area contributed by atoms with E-state index in [9.17, 15) is 33.0 Å². The highest BCUT2D eigenvalue weighted by Crippen LogP contribution is 2.57. The molecule has 3 aliphatic rings. The molecule has 0 aromatic heterocycles. The van der Waals surface area contributed by atoms with Crippen molar-refractivity contribution in [2.45, 2.75) is 39.5 Å². The van der Waals surface area contributed by atoms with E-state index in [1.807, 2.05) is 0 Å². The van der Waals surface area contributed by atoms with Crippen LogP contribution in [0.3, 0.4) is 0 Å². The van der Waals surface area contributed by atoms with E-state index in [1.54, 1.807) is 6.92 Å². The van der Waals surface area contributed by atoms with Crippen LogP contribution in [0.15, 0.2) is 23.1 Å². The summed E-state index contributed by atoms with van der Waals surface area (Å²) in [6, 6.07) is 0. The van der Waals surface area contributed by atoms with Gasteiger partial charge in [0.2, 0.25) is 0 Å². The molecular weight excluding hydrogens is 450 g/mol. The van der Waals surface area contributed by atoms with Gasteiger partial charge in [-0.05, 0) is 40.0 Å². The molecule has 2 unspecified atom stereocenters. The standard InChI is InChI=1S/C23H25NO8S/c1-10-19(27)17(12(3)25)21-18(20(10)28)23(4)15(32-21)7-14(26)16(22(23)29)11(2)24-8-13-5-6-33(30,31)9-13/h7,13,24,27-28H,5-6,8-9H2,1-4H3. The summed E-state index contributed by atoms with van der Waals surface area (Å²) in [6.07, 6.45) is 1.66. The summed E-state index contributed by atoms with van der Waals surface area (Å²) < 4.78 is 29.1. The quantitative estimate of drug-likeness (QED) is 0.335. The van der Waals surface area contributed by atoms with Crippen LogP contribution in [0, 0.1) is 12.8 Å². The average Bonchev–Trinajstić information content (AvgIpc) is 3.21. The number of sulfone groups is 1. The number of carbonyl (C=O) groups excluding carboxylic acids is 3. The van der Waals surface area contributed by atoms with E-state index in [4.69, 9.17) is 4.74 Å². The highest BCUT2D eigenvalue weighted by molar-refractivity contribution is 7.91. The highest BCUT2D eigenvalue weighted by Gasteiger charge is 2.56. The average molecular weight is 476 g/mol. The fourth-order valence-electron chi connectivity index (χ4n) is 4.78. The molecule has 1 saturated heterocycles. The smallest absolute Gasteiger partial charge is 0.194 e. The predicted octanol–water partition coefficient (Wildman–Crippen LogP) is 1.59. The predicted molar refractivity (Wildman–Crippen MR) is 118 cm³/mol. The van der Waals surface area contributed by atoms with Crippen molar-refractivity contribution in [3.63, 3.8) is 0 Å². The van der Waals surface area contributed by atoms with Gasteiger partial charge in [0.15, 0.2) is 27.2 Å². The van der Waals surface area contributed by atoms with Gasteiger partial charge in [0.25, 0.3) is 0 Å². The summed E-state index contributed by atoms with van der Waals surface area (Å²) in [7, 11) is -3.06. The topological polar surface area (TPSA) is 147 Å². The molecule has 176 valence electrons. The number of fused-ring (bicyclic) bond motifs is 3. The van der Waals surface area contributed by atoms with Gasteiger partial charge in [0.1, 0.15) is 34.0 Å². The summed E-state index contributed by atoms with van der Waals surface area (Å²) in [4.78, 5) is 38.8. The number of allylic oxidation sites excluding steroid dienone is 4. The maximum atomic E-state index is 13.7. The molecule has 1 aromatic carbocycles. The molecule has 1 aliphatic carbocycles. The second kappa shape index (κ2) is 7.44. The Morgan fingerprint density at radius 1 is 1.24 bits per heavy atom. The molecule has 2 atom stereocenters. The molecule has 10 heteroatoms. The number of aromatic hydroxyl groups is 2. The Kier molecular flexibility index (Phi) is 5.19. The van der Waals surface area contributed by atoms with E-state index in [0.29, 0.717) is 18.7 Å². The minimum absolute atomic E-state index is 0.0255. The zero-order chi connectivity index (χ0) is 24.5. The molecule has 0 spiro atoms. The van der Waals surface area contributed by atoms with Gasteiger partial charge < -0.3 is 20.3 Å². The summed E-state index contributed by atoms with van der Waals surface area (Å²) in [5, 5.41) is 24.2. The number of carbonyl (C=O) groups is 3. The van der Waals surface area contributed by atoms with Gasteiger partial charge in [0.05, 0.1) is 22.6 Å². The molecule has 2 aliphatic heterocycles. The molecular formula is C23H25NO8S.